The lowest BCUT2D eigenvalue weighted by Gasteiger charge is -2.10. The molecule has 0 aliphatic carbocycles. The number of methoxy groups -OCH3 is 2. The summed E-state index contributed by atoms with van der Waals surface area (Å²) in [5.74, 6) is 2.86. The molecule has 0 atom stereocenters. The first-order valence-electron chi connectivity index (χ1n) is 6.32. The van der Waals surface area contributed by atoms with Crippen molar-refractivity contribution in [2.24, 2.45) is 0 Å². The molecule has 0 saturated carbocycles. The normalized spacial score (nSPS) is 10.3. The average molecular weight is 277 g/mol. The number of ether oxygens (including phenoxy) is 3. The van der Waals surface area contributed by atoms with Crippen molar-refractivity contribution < 1.29 is 18.6 Å². The molecule has 108 valence electrons. The molecule has 2 aromatic rings. The van der Waals surface area contributed by atoms with Gasteiger partial charge in [-0.25, -0.2) is 0 Å². The van der Waals surface area contributed by atoms with Gasteiger partial charge in [0.1, 0.15) is 29.6 Å². The minimum atomic E-state index is 0.361. The molecule has 1 aromatic heterocycles. The van der Waals surface area contributed by atoms with Crippen LogP contribution in [0.4, 0.5) is 0 Å². The quantitative estimate of drug-likeness (QED) is 0.843. The Kier molecular flexibility index (Phi) is 4.90. The third-order valence-corrected chi connectivity index (χ3v) is 2.90. The van der Waals surface area contributed by atoms with Gasteiger partial charge in [0.2, 0.25) is 0 Å². The monoisotopic (exact) mass is 277 g/mol. The fraction of sp³-hybridized carbons (Fsp3) is 0.333. The van der Waals surface area contributed by atoms with Gasteiger partial charge in [-0.3, -0.25) is 0 Å². The maximum Gasteiger partial charge on any atom is 0.146 e. The van der Waals surface area contributed by atoms with Gasteiger partial charge in [0.15, 0.2) is 0 Å². The van der Waals surface area contributed by atoms with E-state index in [4.69, 9.17) is 18.6 Å². The number of rotatable bonds is 7. The van der Waals surface area contributed by atoms with Crippen LogP contribution in [0.5, 0.6) is 17.2 Å². The van der Waals surface area contributed by atoms with E-state index in [0.717, 1.165) is 17.9 Å². The molecule has 0 unspecified atom stereocenters. The predicted octanol–water partition coefficient (Wildman–Crippen LogP) is 2.60. The number of furan rings is 1. The summed E-state index contributed by atoms with van der Waals surface area (Å²) >= 11 is 0. The Morgan fingerprint density at radius 1 is 1.05 bits per heavy atom. The molecule has 0 amide bonds. The van der Waals surface area contributed by atoms with Crippen molar-refractivity contribution >= 4 is 0 Å². The first kappa shape index (κ1) is 14.3. The maximum absolute atomic E-state index is 5.74. The van der Waals surface area contributed by atoms with Crippen LogP contribution in [-0.4, -0.2) is 21.3 Å². The summed E-state index contributed by atoms with van der Waals surface area (Å²) in [6.45, 7) is 1.11. The molecule has 20 heavy (non-hydrogen) atoms. The molecule has 0 fully saturated rings. The predicted molar refractivity (Wildman–Crippen MR) is 75.3 cm³/mol. The SMILES string of the molecule is CNCc1ccoc1COc1cc(OC)cc(OC)c1. The molecule has 0 saturated heterocycles. The zero-order chi connectivity index (χ0) is 14.4. The molecule has 0 bridgehead atoms. The molecule has 5 heteroatoms. The van der Waals surface area contributed by atoms with Gasteiger partial charge in [0, 0.05) is 30.3 Å². The highest BCUT2D eigenvalue weighted by Crippen LogP contribution is 2.28. The fourth-order valence-electron chi connectivity index (χ4n) is 1.86. The molecule has 0 aliphatic rings. The van der Waals surface area contributed by atoms with Crippen molar-refractivity contribution in [3.8, 4) is 17.2 Å². The molecule has 2 rings (SSSR count). The minimum absolute atomic E-state index is 0.361. The van der Waals surface area contributed by atoms with Crippen molar-refractivity contribution in [2.45, 2.75) is 13.2 Å². The van der Waals surface area contributed by atoms with Crippen molar-refractivity contribution in [1.29, 1.82) is 0 Å². The van der Waals surface area contributed by atoms with Crippen LogP contribution in [0.3, 0.4) is 0 Å². The van der Waals surface area contributed by atoms with E-state index in [0.29, 0.717) is 23.9 Å². The lowest BCUT2D eigenvalue weighted by Crippen LogP contribution is -2.07. The largest absolute Gasteiger partial charge is 0.496 e. The summed E-state index contributed by atoms with van der Waals surface area (Å²) in [7, 11) is 5.11. The summed E-state index contributed by atoms with van der Waals surface area (Å²) in [6, 6.07) is 7.35. The van der Waals surface area contributed by atoms with Crippen molar-refractivity contribution in [1.82, 2.24) is 5.32 Å². The number of benzene rings is 1. The third kappa shape index (κ3) is 3.45. The number of hydrogen-bond donors (Lipinski definition) is 1. The smallest absolute Gasteiger partial charge is 0.146 e. The van der Waals surface area contributed by atoms with Crippen molar-refractivity contribution in [3.05, 3.63) is 41.9 Å². The molecular formula is C15H19NO4. The maximum atomic E-state index is 5.74. The van der Waals surface area contributed by atoms with E-state index < -0.39 is 0 Å². The highest BCUT2D eigenvalue weighted by Gasteiger charge is 2.08. The zero-order valence-corrected chi connectivity index (χ0v) is 11.9. The van der Waals surface area contributed by atoms with E-state index in [-0.39, 0.29) is 0 Å². The van der Waals surface area contributed by atoms with Gasteiger partial charge in [-0.15, -0.1) is 0 Å². The summed E-state index contributed by atoms with van der Waals surface area (Å²) in [5, 5.41) is 3.09. The molecule has 0 aliphatic heterocycles. The molecule has 0 radical (unpaired) electrons. The van der Waals surface area contributed by atoms with Gasteiger partial charge in [0.05, 0.1) is 20.5 Å². The second-order valence-corrected chi connectivity index (χ2v) is 4.24. The van der Waals surface area contributed by atoms with E-state index in [9.17, 15) is 0 Å². The van der Waals surface area contributed by atoms with Gasteiger partial charge in [-0.05, 0) is 13.1 Å². The van der Waals surface area contributed by atoms with Gasteiger partial charge in [0.25, 0.3) is 0 Å². The van der Waals surface area contributed by atoms with Crippen LogP contribution in [0.2, 0.25) is 0 Å². The van der Waals surface area contributed by atoms with E-state index >= 15 is 0 Å². The van der Waals surface area contributed by atoms with Crippen LogP contribution in [-0.2, 0) is 13.2 Å². The third-order valence-electron chi connectivity index (χ3n) is 2.90. The lowest BCUT2D eigenvalue weighted by molar-refractivity contribution is 0.265. The van der Waals surface area contributed by atoms with Crippen LogP contribution in [0.25, 0.3) is 0 Å². The average Bonchev–Trinajstić information content (AvgIpc) is 2.92. The second-order valence-electron chi connectivity index (χ2n) is 4.24. The van der Waals surface area contributed by atoms with Gasteiger partial charge < -0.3 is 23.9 Å². The van der Waals surface area contributed by atoms with Gasteiger partial charge >= 0.3 is 0 Å². The fourth-order valence-corrected chi connectivity index (χ4v) is 1.86. The molecule has 1 heterocycles. The minimum Gasteiger partial charge on any atom is -0.496 e. The van der Waals surface area contributed by atoms with Crippen molar-refractivity contribution in [2.75, 3.05) is 21.3 Å². The summed E-state index contributed by atoms with van der Waals surface area (Å²) in [6.07, 6.45) is 1.66. The molecule has 1 aromatic carbocycles. The van der Waals surface area contributed by atoms with Crippen molar-refractivity contribution in [3.63, 3.8) is 0 Å². The molecule has 1 N–H and O–H groups in total. The Bertz CT molecular complexity index is 528. The summed E-state index contributed by atoms with van der Waals surface area (Å²) in [4.78, 5) is 0. The Balaban J connectivity index is 2.08. The second kappa shape index (κ2) is 6.86. The molecule has 5 nitrogen and oxygen atoms in total. The topological polar surface area (TPSA) is 52.9 Å². The van der Waals surface area contributed by atoms with Crippen LogP contribution in [0.15, 0.2) is 34.9 Å². The van der Waals surface area contributed by atoms with E-state index in [1.165, 1.54) is 0 Å². The zero-order valence-electron chi connectivity index (χ0n) is 11.9. The van der Waals surface area contributed by atoms with Crippen LogP contribution < -0.4 is 19.5 Å². The van der Waals surface area contributed by atoms with Crippen LogP contribution in [0.1, 0.15) is 11.3 Å². The highest BCUT2D eigenvalue weighted by molar-refractivity contribution is 5.42. The Hall–Kier alpha value is -2.14. The first-order valence-corrected chi connectivity index (χ1v) is 6.32. The summed E-state index contributed by atoms with van der Waals surface area (Å²) in [5.41, 5.74) is 1.09. The van der Waals surface area contributed by atoms with Gasteiger partial charge in [-0.1, -0.05) is 0 Å². The van der Waals surface area contributed by atoms with E-state index in [1.807, 2.05) is 25.2 Å². The first-order chi connectivity index (χ1) is 9.76. The highest BCUT2D eigenvalue weighted by atomic mass is 16.5. The van der Waals surface area contributed by atoms with E-state index in [2.05, 4.69) is 5.32 Å². The number of nitrogens with one attached hydrogen (secondary N) is 1. The standard InChI is InChI=1S/C15H19NO4/c1-16-9-11-4-5-19-15(11)10-20-14-7-12(17-2)6-13(8-14)18-3/h4-8,16H,9-10H2,1-3H3. The Morgan fingerprint density at radius 2 is 1.70 bits per heavy atom. The van der Waals surface area contributed by atoms with Gasteiger partial charge in [-0.2, -0.15) is 0 Å². The Morgan fingerprint density at radius 3 is 2.30 bits per heavy atom. The van der Waals surface area contributed by atoms with E-state index in [1.54, 1.807) is 26.5 Å². The van der Waals surface area contributed by atoms with Crippen LogP contribution in [0, 0.1) is 0 Å². The van der Waals surface area contributed by atoms with Crippen LogP contribution >= 0.6 is 0 Å². The molecular weight excluding hydrogens is 258 g/mol. The number of hydrogen-bond acceptors (Lipinski definition) is 5. The lowest BCUT2D eigenvalue weighted by atomic mass is 10.2. The molecule has 0 spiro atoms. The Labute approximate surface area is 118 Å². The summed E-state index contributed by atoms with van der Waals surface area (Å²) < 4.78 is 21.6.